The van der Waals surface area contributed by atoms with Crippen molar-refractivity contribution in [1.29, 1.82) is 0 Å². The molecule has 33 heavy (non-hydrogen) atoms. The number of anilines is 1. The minimum absolute atomic E-state index is 0.238. The van der Waals surface area contributed by atoms with E-state index < -0.39 is 0 Å². The van der Waals surface area contributed by atoms with Crippen molar-refractivity contribution in [2.75, 3.05) is 25.1 Å². The highest BCUT2D eigenvalue weighted by Crippen LogP contribution is 2.39. The highest BCUT2D eigenvalue weighted by Gasteiger charge is 2.19. The van der Waals surface area contributed by atoms with Gasteiger partial charge in [0.15, 0.2) is 16.6 Å². The van der Waals surface area contributed by atoms with E-state index in [0.717, 1.165) is 17.0 Å². The normalized spacial score (nSPS) is 10.7. The van der Waals surface area contributed by atoms with Crippen LogP contribution < -0.4 is 19.5 Å². The van der Waals surface area contributed by atoms with E-state index >= 15 is 0 Å². The summed E-state index contributed by atoms with van der Waals surface area (Å²) < 4.78 is 30.1. The molecule has 3 aromatic rings. The molecule has 9 heteroatoms. The zero-order chi connectivity index (χ0) is 23.6. The van der Waals surface area contributed by atoms with Gasteiger partial charge in [0.1, 0.15) is 5.82 Å². The van der Waals surface area contributed by atoms with Crippen molar-refractivity contribution in [3.63, 3.8) is 0 Å². The Morgan fingerprint density at radius 2 is 1.64 bits per heavy atom. The minimum Gasteiger partial charge on any atom is -0.490 e. The third kappa shape index (κ3) is 7.10. The van der Waals surface area contributed by atoms with Crippen molar-refractivity contribution in [1.82, 2.24) is 4.98 Å². The second-order valence-corrected chi connectivity index (χ2v) is 8.66. The number of halogens is 1. The van der Waals surface area contributed by atoms with Crippen LogP contribution in [-0.4, -0.2) is 30.7 Å². The largest absolute Gasteiger partial charge is 0.490 e. The molecule has 0 aliphatic carbocycles. The van der Waals surface area contributed by atoms with Gasteiger partial charge >= 0.3 is 0 Å². The number of ether oxygens (including phenoxy) is 3. The van der Waals surface area contributed by atoms with Crippen molar-refractivity contribution in [2.45, 2.75) is 32.3 Å². The van der Waals surface area contributed by atoms with Crippen LogP contribution in [-0.2, 0) is 11.5 Å². The number of carbonyl (C=O) groups excluding carboxylic acids is 1. The number of nitrogens with one attached hydrogen (secondary N) is 1. The third-order valence-corrected chi connectivity index (χ3v) is 6.22. The summed E-state index contributed by atoms with van der Waals surface area (Å²) in [4.78, 5) is 17.4. The topological polar surface area (TPSA) is 69.7 Å². The van der Waals surface area contributed by atoms with Gasteiger partial charge in [0, 0.05) is 22.4 Å². The SMILES string of the molecule is CCOc1cc(C(=O)Nc2nc(CSCc3ccc(F)cc3)cs2)cc(OCC)c1OCC. The minimum atomic E-state index is -0.306. The Morgan fingerprint density at radius 1 is 1.00 bits per heavy atom. The summed E-state index contributed by atoms with van der Waals surface area (Å²) in [5.74, 6) is 2.33. The molecule has 1 aromatic heterocycles. The molecule has 6 nitrogen and oxygen atoms in total. The lowest BCUT2D eigenvalue weighted by Crippen LogP contribution is -2.13. The van der Waals surface area contributed by atoms with Crippen LogP contribution in [0.1, 0.15) is 42.4 Å². The second-order valence-electron chi connectivity index (χ2n) is 6.82. The van der Waals surface area contributed by atoms with Gasteiger partial charge in [0.05, 0.1) is 25.5 Å². The highest BCUT2D eigenvalue weighted by atomic mass is 32.2. The van der Waals surface area contributed by atoms with Crippen LogP contribution in [0.2, 0.25) is 0 Å². The molecular weight excluding hydrogens is 463 g/mol. The number of amides is 1. The number of rotatable bonds is 12. The Kier molecular flexibility index (Phi) is 9.38. The zero-order valence-electron chi connectivity index (χ0n) is 18.9. The molecule has 1 amide bonds. The molecule has 0 radical (unpaired) electrons. The number of carbonyl (C=O) groups is 1. The summed E-state index contributed by atoms with van der Waals surface area (Å²) in [6.07, 6.45) is 0. The van der Waals surface area contributed by atoms with E-state index in [9.17, 15) is 9.18 Å². The lowest BCUT2D eigenvalue weighted by atomic mass is 10.1. The van der Waals surface area contributed by atoms with Crippen LogP contribution in [0.3, 0.4) is 0 Å². The number of hydrogen-bond donors (Lipinski definition) is 1. The van der Waals surface area contributed by atoms with Gasteiger partial charge in [-0.25, -0.2) is 9.37 Å². The average molecular weight is 491 g/mol. The fourth-order valence-corrected chi connectivity index (χ4v) is 4.67. The van der Waals surface area contributed by atoms with Gasteiger partial charge in [-0.15, -0.1) is 11.3 Å². The number of nitrogens with zero attached hydrogens (tertiary/aromatic N) is 1. The Balaban J connectivity index is 1.65. The Labute approximate surface area is 201 Å². The quantitative estimate of drug-likeness (QED) is 0.328. The number of thiazole rings is 1. The number of benzene rings is 2. The van der Waals surface area contributed by atoms with Crippen LogP contribution in [0.4, 0.5) is 9.52 Å². The van der Waals surface area contributed by atoms with Crippen molar-refractivity contribution in [3.05, 3.63) is 64.4 Å². The number of hydrogen-bond acceptors (Lipinski definition) is 7. The molecule has 176 valence electrons. The standard InChI is InChI=1S/C24H27FN2O4S2/c1-4-29-20-11-17(12-21(30-5-2)22(20)31-6-3)23(28)27-24-26-19(15-33-24)14-32-13-16-7-9-18(25)10-8-16/h7-12,15H,4-6,13-14H2,1-3H3,(H,26,27,28). The second kappa shape index (κ2) is 12.5. The van der Waals surface area contributed by atoms with Crippen molar-refractivity contribution in [3.8, 4) is 17.2 Å². The van der Waals surface area contributed by atoms with E-state index in [2.05, 4.69) is 10.3 Å². The lowest BCUT2D eigenvalue weighted by Gasteiger charge is -2.16. The van der Waals surface area contributed by atoms with Crippen LogP contribution in [0.15, 0.2) is 41.8 Å². The van der Waals surface area contributed by atoms with Crippen LogP contribution in [0, 0.1) is 5.82 Å². The van der Waals surface area contributed by atoms with Crippen molar-refractivity contribution < 1.29 is 23.4 Å². The number of thioether (sulfide) groups is 1. The van der Waals surface area contributed by atoms with E-state index in [0.29, 0.717) is 53.5 Å². The van der Waals surface area contributed by atoms with Gasteiger partial charge in [-0.05, 0) is 50.6 Å². The van der Waals surface area contributed by atoms with Gasteiger partial charge in [-0.3, -0.25) is 10.1 Å². The summed E-state index contributed by atoms with van der Waals surface area (Å²) >= 11 is 3.04. The van der Waals surface area contributed by atoms with Gasteiger partial charge in [-0.1, -0.05) is 12.1 Å². The van der Waals surface area contributed by atoms with E-state index in [1.54, 1.807) is 36.0 Å². The Bertz CT molecular complexity index is 1030. The molecule has 1 N–H and O–H groups in total. The summed E-state index contributed by atoms with van der Waals surface area (Å²) in [5, 5.41) is 5.28. The molecule has 0 spiro atoms. The molecule has 0 unspecified atom stereocenters. The van der Waals surface area contributed by atoms with Gasteiger partial charge in [0.2, 0.25) is 5.75 Å². The summed E-state index contributed by atoms with van der Waals surface area (Å²) in [5.41, 5.74) is 2.32. The first-order valence-corrected chi connectivity index (χ1v) is 12.7. The molecule has 1 heterocycles. The maximum Gasteiger partial charge on any atom is 0.257 e. The smallest absolute Gasteiger partial charge is 0.257 e. The lowest BCUT2D eigenvalue weighted by molar-refractivity contribution is 0.102. The highest BCUT2D eigenvalue weighted by molar-refractivity contribution is 7.97. The summed E-state index contributed by atoms with van der Waals surface area (Å²) in [6, 6.07) is 9.78. The Morgan fingerprint density at radius 3 is 2.24 bits per heavy atom. The van der Waals surface area contributed by atoms with Crippen LogP contribution in [0.5, 0.6) is 17.2 Å². The molecule has 0 atom stereocenters. The van der Waals surface area contributed by atoms with Crippen molar-refractivity contribution >= 4 is 34.1 Å². The molecule has 0 aliphatic rings. The predicted molar refractivity (Wildman–Crippen MR) is 131 cm³/mol. The van der Waals surface area contributed by atoms with Crippen LogP contribution >= 0.6 is 23.1 Å². The first-order chi connectivity index (χ1) is 16.0. The van der Waals surface area contributed by atoms with E-state index in [1.165, 1.54) is 23.5 Å². The van der Waals surface area contributed by atoms with Crippen LogP contribution in [0.25, 0.3) is 0 Å². The molecule has 0 aliphatic heterocycles. The maximum absolute atomic E-state index is 13.0. The molecule has 0 saturated carbocycles. The molecule has 0 saturated heterocycles. The maximum atomic E-state index is 13.0. The number of aromatic nitrogens is 1. The molecule has 0 bridgehead atoms. The monoisotopic (exact) mass is 490 g/mol. The van der Waals surface area contributed by atoms with E-state index in [-0.39, 0.29) is 11.7 Å². The zero-order valence-corrected chi connectivity index (χ0v) is 20.5. The molecule has 0 fully saturated rings. The fraction of sp³-hybridized carbons (Fsp3) is 0.333. The van der Waals surface area contributed by atoms with E-state index in [1.807, 2.05) is 26.2 Å². The molecule has 3 rings (SSSR count). The first-order valence-electron chi connectivity index (χ1n) is 10.7. The average Bonchev–Trinajstić information content (AvgIpc) is 3.24. The van der Waals surface area contributed by atoms with Gasteiger partial charge in [0.25, 0.3) is 5.91 Å². The van der Waals surface area contributed by atoms with Gasteiger partial charge < -0.3 is 14.2 Å². The van der Waals surface area contributed by atoms with E-state index in [4.69, 9.17) is 14.2 Å². The predicted octanol–water partition coefficient (Wildman–Crippen LogP) is 6.16. The fourth-order valence-electron chi connectivity index (χ4n) is 2.97. The van der Waals surface area contributed by atoms with Crippen molar-refractivity contribution in [2.24, 2.45) is 0 Å². The summed E-state index contributed by atoms with van der Waals surface area (Å²) in [7, 11) is 0. The van der Waals surface area contributed by atoms with Gasteiger partial charge in [-0.2, -0.15) is 11.8 Å². The third-order valence-electron chi connectivity index (χ3n) is 4.38. The molecule has 2 aromatic carbocycles. The molecular formula is C24H27FN2O4S2. The Hall–Kier alpha value is -2.78. The summed E-state index contributed by atoms with van der Waals surface area (Å²) in [6.45, 7) is 6.93. The first kappa shape index (κ1) is 24.9.